The molecule has 0 radical (unpaired) electrons. The van der Waals surface area contributed by atoms with E-state index in [0.29, 0.717) is 10.7 Å². The van der Waals surface area contributed by atoms with Gasteiger partial charge in [0.05, 0.1) is 0 Å². The molecular weight excluding hydrogens is 264 g/mol. The number of carboxylic acids is 1. The van der Waals surface area contributed by atoms with Crippen molar-refractivity contribution in [3.05, 3.63) is 47.1 Å². The number of benzene rings is 1. The van der Waals surface area contributed by atoms with Crippen LogP contribution < -0.4 is 4.74 Å². The fourth-order valence-electron chi connectivity index (χ4n) is 1.81. The van der Waals surface area contributed by atoms with Gasteiger partial charge in [-0.2, -0.15) is 4.98 Å². The van der Waals surface area contributed by atoms with Crippen LogP contribution in [0.3, 0.4) is 0 Å². The molecule has 0 amide bonds. The van der Waals surface area contributed by atoms with Crippen molar-refractivity contribution in [1.82, 2.24) is 9.38 Å². The van der Waals surface area contributed by atoms with Crippen molar-refractivity contribution in [3.8, 4) is 11.6 Å². The summed E-state index contributed by atoms with van der Waals surface area (Å²) in [6.07, 6.45) is 1.67. The monoisotopic (exact) mass is 274 g/mol. The minimum absolute atomic E-state index is 0.0412. The van der Waals surface area contributed by atoms with E-state index in [-0.39, 0.29) is 11.6 Å². The molecule has 0 aliphatic carbocycles. The molecule has 96 valence electrons. The van der Waals surface area contributed by atoms with Crippen LogP contribution in [0.25, 0.3) is 4.96 Å². The normalized spacial score (nSPS) is 10.8. The summed E-state index contributed by atoms with van der Waals surface area (Å²) >= 11 is 1.36. The Labute approximate surface area is 112 Å². The number of imidazole rings is 1. The van der Waals surface area contributed by atoms with E-state index in [1.165, 1.54) is 15.7 Å². The lowest BCUT2D eigenvalue weighted by Crippen LogP contribution is -2.03. The Morgan fingerprint density at radius 1 is 1.42 bits per heavy atom. The Morgan fingerprint density at radius 3 is 2.95 bits per heavy atom. The molecular formula is C13H10N2O3S. The average molecular weight is 274 g/mol. The van der Waals surface area contributed by atoms with Crippen LogP contribution in [0.4, 0.5) is 0 Å². The highest BCUT2D eigenvalue weighted by Gasteiger charge is 2.21. The predicted molar refractivity (Wildman–Crippen MR) is 71.3 cm³/mol. The molecule has 0 spiro atoms. The summed E-state index contributed by atoms with van der Waals surface area (Å²) in [5.74, 6) is -0.334. The molecule has 0 aliphatic rings. The van der Waals surface area contributed by atoms with Crippen molar-refractivity contribution >= 4 is 22.3 Å². The first-order chi connectivity index (χ1) is 9.16. The number of para-hydroxylation sites is 1. The van der Waals surface area contributed by atoms with E-state index in [4.69, 9.17) is 4.74 Å². The highest BCUT2D eigenvalue weighted by atomic mass is 32.1. The third-order valence-electron chi connectivity index (χ3n) is 2.73. The number of fused-ring (bicyclic) bond motifs is 1. The van der Waals surface area contributed by atoms with E-state index in [1.807, 2.05) is 25.1 Å². The van der Waals surface area contributed by atoms with Crippen molar-refractivity contribution in [3.63, 3.8) is 0 Å². The number of ether oxygens (including phenoxy) is 1. The minimum atomic E-state index is -1.06. The number of hydrogen-bond donors (Lipinski definition) is 1. The predicted octanol–water partition coefficient (Wildman–Crippen LogP) is 3.19. The number of rotatable bonds is 3. The Kier molecular flexibility index (Phi) is 2.72. The quantitative estimate of drug-likeness (QED) is 0.796. The second-order valence-electron chi connectivity index (χ2n) is 3.99. The van der Waals surface area contributed by atoms with Crippen LogP contribution in [0.2, 0.25) is 0 Å². The fraction of sp³-hybridized carbons (Fsp3) is 0.0769. The van der Waals surface area contributed by atoms with E-state index < -0.39 is 5.97 Å². The van der Waals surface area contributed by atoms with Gasteiger partial charge in [0.15, 0.2) is 10.7 Å². The number of thiazole rings is 1. The van der Waals surface area contributed by atoms with Crippen molar-refractivity contribution < 1.29 is 14.6 Å². The number of carboxylic acid groups (broad SMARTS) is 1. The summed E-state index contributed by atoms with van der Waals surface area (Å²) in [7, 11) is 0. The molecule has 2 heterocycles. The molecule has 3 aromatic rings. The van der Waals surface area contributed by atoms with Gasteiger partial charge in [-0.25, -0.2) is 4.79 Å². The van der Waals surface area contributed by atoms with Gasteiger partial charge >= 0.3 is 5.97 Å². The van der Waals surface area contributed by atoms with Crippen molar-refractivity contribution in [2.75, 3.05) is 0 Å². The van der Waals surface area contributed by atoms with E-state index in [0.717, 1.165) is 5.56 Å². The lowest BCUT2D eigenvalue weighted by molar-refractivity contribution is 0.0686. The van der Waals surface area contributed by atoms with Crippen molar-refractivity contribution in [2.24, 2.45) is 0 Å². The molecule has 2 aromatic heterocycles. The molecule has 0 atom stereocenters. The summed E-state index contributed by atoms with van der Waals surface area (Å²) < 4.78 is 7.15. The van der Waals surface area contributed by atoms with Crippen LogP contribution in [0, 0.1) is 6.92 Å². The average Bonchev–Trinajstić information content (AvgIpc) is 2.91. The third-order valence-corrected chi connectivity index (χ3v) is 3.49. The SMILES string of the molecule is Cc1ccccc1Oc1nc2sccn2c1C(=O)O. The zero-order valence-electron chi connectivity index (χ0n) is 10.0. The van der Waals surface area contributed by atoms with Crippen LogP contribution in [0.15, 0.2) is 35.8 Å². The van der Waals surface area contributed by atoms with Crippen LogP contribution >= 0.6 is 11.3 Å². The summed E-state index contributed by atoms with van der Waals surface area (Å²) in [5, 5.41) is 11.1. The molecule has 6 heteroatoms. The summed E-state index contributed by atoms with van der Waals surface area (Å²) in [4.78, 5) is 16.1. The van der Waals surface area contributed by atoms with Gasteiger partial charge in [0, 0.05) is 11.6 Å². The zero-order valence-corrected chi connectivity index (χ0v) is 10.8. The number of aromatic carboxylic acids is 1. The number of carbonyl (C=O) groups is 1. The standard InChI is InChI=1S/C13H10N2O3S/c1-8-4-2-3-5-9(8)18-11-10(12(16)17)15-6-7-19-13(15)14-11/h2-7H,1H3,(H,16,17). The topological polar surface area (TPSA) is 63.8 Å². The van der Waals surface area contributed by atoms with E-state index in [9.17, 15) is 9.90 Å². The van der Waals surface area contributed by atoms with Gasteiger partial charge in [-0.1, -0.05) is 18.2 Å². The second kappa shape index (κ2) is 4.40. The lowest BCUT2D eigenvalue weighted by atomic mass is 10.2. The van der Waals surface area contributed by atoms with E-state index in [2.05, 4.69) is 4.98 Å². The minimum Gasteiger partial charge on any atom is -0.476 e. The molecule has 0 saturated carbocycles. The van der Waals surface area contributed by atoms with Gasteiger partial charge in [0.2, 0.25) is 0 Å². The largest absolute Gasteiger partial charge is 0.476 e. The molecule has 0 saturated heterocycles. The first-order valence-corrected chi connectivity index (χ1v) is 6.47. The van der Waals surface area contributed by atoms with Crippen LogP contribution in [0.5, 0.6) is 11.6 Å². The fourth-order valence-corrected chi connectivity index (χ4v) is 2.51. The van der Waals surface area contributed by atoms with Crippen molar-refractivity contribution in [2.45, 2.75) is 6.92 Å². The maximum absolute atomic E-state index is 11.3. The van der Waals surface area contributed by atoms with Gasteiger partial charge in [0.1, 0.15) is 5.75 Å². The number of hydrogen-bond acceptors (Lipinski definition) is 4. The summed E-state index contributed by atoms with van der Waals surface area (Å²) in [6, 6.07) is 7.41. The Morgan fingerprint density at radius 2 is 2.21 bits per heavy atom. The Hall–Kier alpha value is -2.34. The van der Waals surface area contributed by atoms with Gasteiger partial charge in [-0.05, 0) is 18.6 Å². The highest BCUT2D eigenvalue weighted by molar-refractivity contribution is 7.15. The van der Waals surface area contributed by atoms with Gasteiger partial charge in [-0.3, -0.25) is 4.40 Å². The highest BCUT2D eigenvalue weighted by Crippen LogP contribution is 2.29. The maximum atomic E-state index is 11.3. The lowest BCUT2D eigenvalue weighted by Gasteiger charge is -2.06. The Balaban J connectivity index is 2.10. The Bertz CT molecular complexity index is 760. The first-order valence-electron chi connectivity index (χ1n) is 5.59. The van der Waals surface area contributed by atoms with Crippen molar-refractivity contribution in [1.29, 1.82) is 0 Å². The van der Waals surface area contributed by atoms with E-state index >= 15 is 0 Å². The number of aromatic nitrogens is 2. The second-order valence-corrected chi connectivity index (χ2v) is 4.87. The first kappa shape index (κ1) is 11.7. The molecule has 1 aromatic carbocycles. The van der Waals surface area contributed by atoms with Crippen LogP contribution in [-0.2, 0) is 0 Å². The molecule has 0 aliphatic heterocycles. The van der Waals surface area contributed by atoms with Gasteiger partial charge in [0.25, 0.3) is 5.88 Å². The number of nitrogens with zero attached hydrogens (tertiary/aromatic N) is 2. The summed E-state index contributed by atoms with van der Waals surface area (Å²) in [5.41, 5.74) is 0.967. The zero-order chi connectivity index (χ0) is 13.4. The molecule has 3 rings (SSSR count). The molecule has 0 fully saturated rings. The third kappa shape index (κ3) is 1.96. The maximum Gasteiger partial charge on any atom is 0.358 e. The molecule has 5 nitrogen and oxygen atoms in total. The van der Waals surface area contributed by atoms with Crippen LogP contribution in [-0.4, -0.2) is 20.5 Å². The van der Waals surface area contributed by atoms with E-state index in [1.54, 1.807) is 17.6 Å². The number of aryl methyl sites for hydroxylation is 1. The molecule has 0 bridgehead atoms. The molecule has 1 N–H and O–H groups in total. The smallest absolute Gasteiger partial charge is 0.358 e. The van der Waals surface area contributed by atoms with Crippen LogP contribution in [0.1, 0.15) is 16.1 Å². The van der Waals surface area contributed by atoms with Gasteiger partial charge in [-0.15, -0.1) is 11.3 Å². The molecule has 19 heavy (non-hydrogen) atoms. The van der Waals surface area contributed by atoms with Gasteiger partial charge < -0.3 is 9.84 Å². The molecule has 0 unspecified atom stereocenters. The summed E-state index contributed by atoms with van der Waals surface area (Å²) in [6.45, 7) is 1.90.